The van der Waals surface area contributed by atoms with E-state index in [0.717, 1.165) is 30.2 Å². The van der Waals surface area contributed by atoms with Crippen LogP contribution in [0.25, 0.3) is 0 Å². The Labute approximate surface area is 164 Å². The molecule has 1 aliphatic heterocycles. The van der Waals surface area contributed by atoms with E-state index < -0.39 is 0 Å². The van der Waals surface area contributed by atoms with Gasteiger partial charge in [0.15, 0.2) is 0 Å². The van der Waals surface area contributed by atoms with Crippen LogP contribution in [0.5, 0.6) is 0 Å². The summed E-state index contributed by atoms with van der Waals surface area (Å²) in [5.74, 6) is 2.95. The van der Waals surface area contributed by atoms with Gasteiger partial charge in [0.2, 0.25) is 0 Å². The number of rotatable bonds is 9. The van der Waals surface area contributed by atoms with Crippen molar-refractivity contribution in [1.29, 1.82) is 0 Å². The first-order valence-electron chi connectivity index (χ1n) is 11.6. The summed E-state index contributed by atoms with van der Waals surface area (Å²) in [6.45, 7) is 16.8. The molecule has 154 valence electrons. The standard InChI is InChI=1S/C24H47NO/c1-18(2)9-7-10-19(3)11-8-12-20(4)25-16-14-22-21(5)23(26)13-15-24(22,6)17-25/h18-23,26H,7-17H2,1-6H3/t19?,20?,21-,22?,23-,24?/m0/s1. The minimum absolute atomic E-state index is 0.0609. The summed E-state index contributed by atoms with van der Waals surface area (Å²) in [5.41, 5.74) is 0.426. The van der Waals surface area contributed by atoms with Gasteiger partial charge in [0.1, 0.15) is 0 Å². The highest BCUT2D eigenvalue weighted by molar-refractivity contribution is 4.98. The summed E-state index contributed by atoms with van der Waals surface area (Å²) in [5, 5.41) is 10.3. The first kappa shape index (κ1) is 22.2. The number of hydrogen-bond donors (Lipinski definition) is 1. The van der Waals surface area contributed by atoms with Gasteiger partial charge in [-0.3, -0.25) is 0 Å². The Morgan fingerprint density at radius 2 is 1.65 bits per heavy atom. The highest BCUT2D eigenvalue weighted by Crippen LogP contribution is 2.49. The molecule has 1 saturated heterocycles. The maximum absolute atomic E-state index is 10.3. The molecule has 1 heterocycles. The average Bonchev–Trinajstić information content (AvgIpc) is 2.57. The molecule has 2 nitrogen and oxygen atoms in total. The SMILES string of the molecule is CC(C)CCCC(C)CCCC(C)N1CCC2[C@H](C)[C@@H](O)CCC2(C)C1. The molecule has 2 aliphatic rings. The second kappa shape index (κ2) is 9.92. The predicted molar refractivity (Wildman–Crippen MR) is 113 cm³/mol. The normalized spacial score (nSPS) is 35.3. The Hall–Kier alpha value is -0.0800. The van der Waals surface area contributed by atoms with Crippen LogP contribution < -0.4 is 0 Å². The quantitative estimate of drug-likeness (QED) is 0.531. The summed E-state index contributed by atoms with van der Waals surface area (Å²) < 4.78 is 0. The van der Waals surface area contributed by atoms with E-state index in [1.165, 1.54) is 64.5 Å². The molecule has 1 N–H and O–H groups in total. The Morgan fingerprint density at radius 3 is 2.31 bits per heavy atom. The molecule has 6 atom stereocenters. The molecule has 0 amide bonds. The van der Waals surface area contributed by atoms with Gasteiger partial charge in [-0.2, -0.15) is 0 Å². The zero-order valence-electron chi connectivity index (χ0n) is 18.6. The highest BCUT2D eigenvalue weighted by Gasteiger charge is 2.47. The molecule has 0 radical (unpaired) electrons. The van der Waals surface area contributed by atoms with Gasteiger partial charge in [0.25, 0.3) is 0 Å². The van der Waals surface area contributed by atoms with Crippen LogP contribution in [0.2, 0.25) is 0 Å². The summed E-state index contributed by atoms with van der Waals surface area (Å²) in [7, 11) is 0. The van der Waals surface area contributed by atoms with E-state index in [1.807, 2.05) is 0 Å². The zero-order chi connectivity index (χ0) is 19.3. The second-order valence-corrected chi connectivity index (χ2v) is 10.7. The fraction of sp³-hybridized carbons (Fsp3) is 1.00. The van der Waals surface area contributed by atoms with E-state index in [1.54, 1.807) is 0 Å². The van der Waals surface area contributed by atoms with Crippen LogP contribution in [0.15, 0.2) is 0 Å². The van der Waals surface area contributed by atoms with E-state index in [9.17, 15) is 5.11 Å². The molecule has 2 rings (SSSR count). The topological polar surface area (TPSA) is 23.5 Å². The largest absolute Gasteiger partial charge is 0.393 e. The van der Waals surface area contributed by atoms with Crippen molar-refractivity contribution in [3.63, 3.8) is 0 Å². The minimum atomic E-state index is -0.0609. The third kappa shape index (κ3) is 5.96. The number of piperidine rings is 1. The van der Waals surface area contributed by atoms with Crippen molar-refractivity contribution in [3.05, 3.63) is 0 Å². The smallest absolute Gasteiger partial charge is 0.0568 e. The molecule has 2 heteroatoms. The third-order valence-corrected chi connectivity index (χ3v) is 7.86. The number of hydrogen-bond acceptors (Lipinski definition) is 2. The van der Waals surface area contributed by atoms with Crippen LogP contribution in [0.3, 0.4) is 0 Å². The molecule has 1 aliphatic carbocycles. The molecule has 4 unspecified atom stereocenters. The van der Waals surface area contributed by atoms with Crippen molar-refractivity contribution in [2.45, 2.75) is 111 Å². The summed E-state index contributed by atoms with van der Waals surface area (Å²) in [4.78, 5) is 2.77. The number of aliphatic hydroxyl groups excluding tert-OH is 1. The van der Waals surface area contributed by atoms with E-state index in [-0.39, 0.29) is 6.10 Å². The van der Waals surface area contributed by atoms with Crippen LogP contribution in [-0.2, 0) is 0 Å². The third-order valence-electron chi connectivity index (χ3n) is 7.86. The molecule has 2 fully saturated rings. The molecule has 1 saturated carbocycles. The van der Waals surface area contributed by atoms with Crippen molar-refractivity contribution in [2.24, 2.45) is 29.1 Å². The Morgan fingerprint density at radius 1 is 1.00 bits per heavy atom. The Balaban J connectivity index is 1.71. The number of likely N-dealkylation sites (tertiary alicyclic amines) is 1. The molecule has 0 aromatic rings. The van der Waals surface area contributed by atoms with Gasteiger partial charge in [-0.15, -0.1) is 0 Å². The second-order valence-electron chi connectivity index (χ2n) is 10.7. The van der Waals surface area contributed by atoms with E-state index in [4.69, 9.17) is 0 Å². The summed E-state index contributed by atoms with van der Waals surface area (Å²) in [6, 6.07) is 0.720. The molecule has 0 aromatic carbocycles. The Bertz CT molecular complexity index is 409. The number of nitrogens with zero attached hydrogens (tertiary/aromatic N) is 1. The lowest BCUT2D eigenvalue weighted by molar-refractivity contribution is -0.0842. The summed E-state index contributed by atoms with van der Waals surface area (Å²) >= 11 is 0. The van der Waals surface area contributed by atoms with Gasteiger partial charge in [-0.1, -0.05) is 66.7 Å². The van der Waals surface area contributed by atoms with Crippen molar-refractivity contribution in [1.82, 2.24) is 4.90 Å². The fourth-order valence-electron chi connectivity index (χ4n) is 5.82. The molecular weight excluding hydrogens is 318 g/mol. The molecule has 0 aromatic heterocycles. The number of aliphatic hydroxyl groups is 1. The fourth-order valence-corrected chi connectivity index (χ4v) is 5.82. The van der Waals surface area contributed by atoms with Crippen molar-refractivity contribution < 1.29 is 5.11 Å². The van der Waals surface area contributed by atoms with E-state index in [0.29, 0.717) is 11.3 Å². The van der Waals surface area contributed by atoms with Crippen LogP contribution in [0.1, 0.15) is 99.3 Å². The van der Waals surface area contributed by atoms with Crippen molar-refractivity contribution in [3.8, 4) is 0 Å². The van der Waals surface area contributed by atoms with Crippen LogP contribution in [0, 0.1) is 29.1 Å². The summed E-state index contributed by atoms with van der Waals surface area (Å²) in [6.07, 6.45) is 11.8. The highest BCUT2D eigenvalue weighted by atomic mass is 16.3. The van der Waals surface area contributed by atoms with Gasteiger partial charge in [-0.05, 0) is 68.2 Å². The predicted octanol–water partition coefficient (Wildman–Crippen LogP) is 6.13. The van der Waals surface area contributed by atoms with Gasteiger partial charge in [-0.25, -0.2) is 0 Å². The molecular formula is C24H47NO. The van der Waals surface area contributed by atoms with Crippen LogP contribution in [-0.4, -0.2) is 35.2 Å². The molecule has 0 spiro atoms. The molecule has 26 heavy (non-hydrogen) atoms. The van der Waals surface area contributed by atoms with Gasteiger partial charge >= 0.3 is 0 Å². The van der Waals surface area contributed by atoms with Crippen molar-refractivity contribution >= 4 is 0 Å². The van der Waals surface area contributed by atoms with Crippen molar-refractivity contribution in [2.75, 3.05) is 13.1 Å². The van der Waals surface area contributed by atoms with E-state index in [2.05, 4.69) is 46.4 Å². The first-order chi connectivity index (χ1) is 12.2. The monoisotopic (exact) mass is 365 g/mol. The lowest BCUT2D eigenvalue weighted by Gasteiger charge is -2.54. The van der Waals surface area contributed by atoms with Crippen LogP contribution >= 0.6 is 0 Å². The van der Waals surface area contributed by atoms with E-state index >= 15 is 0 Å². The Kier molecular flexibility index (Phi) is 8.47. The van der Waals surface area contributed by atoms with Gasteiger partial charge < -0.3 is 10.0 Å². The number of fused-ring (bicyclic) bond motifs is 1. The first-order valence-corrected chi connectivity index (χ1v) is 11.6. The average molecular weight is 366 g/mol. The molecule has 0 bridgehead atoms. The van der Waals surface area contributed by atoms with Gasteiger partial charge in [0.05, 0.1) is 6.10 Å². The maximum atomic E-state index is 10.3. The van der Waals surface area contributed by atoms with Crippen LogP contribution in [0.4, 0.5) is 0 Å². The zero-order valence-corrected chi connectivity index (χ0v) is 18.6. The minimum Gasteiger partial charge on any atom is -0.393 e. The van der Waals surface area contributed by atoms with Gasteiger partial charge in [0, 0.05) is 12.6 Å². The lowest BCUT2D eigenvalue weighted by Crippen LogP contribution is -2.55. The maximum Gasteiger partial charge on any atom is 0.0568 e. The lowest BCUT2D eigenvalue weighted by atomic mass is 9.59.